The van der Waals surface area contributed by atoms with Gasteiger partial charge in [-0.05, 0) is 24.2 Å². The summed E-state index contributed by atoms with van der Waals surface area (Å²) in [7, 11) is 3.46. The van der Waals surface area contributed by atoms with Crippen LogP contribution in [-0.2, 0) is 16.0 Å². The molecule has 4 nitrogen and oxygen atoms in total. The molecule has 0 radical (unpaired) electrons. The number of hydrogen-bond donors (Lipinski definition) is 1. The fourth-order valence-corrected chi connectivity index (χ4v) is 2.79. The van der Waals surface area contributed by atoms with Gasteiger partial charge in [0.25, 0.3) is 0 Å². The Labute approximate surface area is 126 Å². The molecule has 0 aromatic heterocycles. The molecular formula is C15H23ClN2O2. The Morgan fingerprint density at radius 2 is 1.90 bits per heavy atom. The van der Waals surface area contributed by atoms with Crippen LogP contribution in [0.15, 0.2) is 18.2 Å². The molecule has 1 heterocycles. The molecule has 1 fully saturated rings. The maximum Gasteiger partial charge on any atom is 0.102 e. The van der Waals surface area contributed by atoms with Crippen LogP contribution in [0.1, 0.15) is 12.5 Å². The second kappa shape index (κ2) is 7.27. The highest BCUT2D eigenvalue weighted by molar-refractivity contribution is 6.31. The zero-order chi connectivity index (χ0) is 14.5. The number of nitrogens with one attached hydrogen (secondary N) is 1. The van der Waals surface area contributed by atoms with Crippen molar-refractivity contribution in [3.05, 3.63) is 28.8 Å². The minimum atomic E-state index is 0.111. The van der Waals surface area contributed by atoms with Crippen LogP contribution in [0.4, 0.5) is 5.69 Å². The highest BCUT2D eigenvalue weighted by atomic mass is 35.5. The highest BCUT2D eigenvalue weighted by Crippen LogP contribution is 2.28. The third-order valence-electron chi connectivity index (χ3n) is 3.79. The van der Waals surface area contributed by atoms with Gasteiger partial charge >= 0.3 is 0 Å². The van der Waals surface area contributed by atoms with Crippen LogP contribution in [0, 0.1) is 0 Å². The van der Waals surface area contributed by atoms with Crippen LogP contribution in [0.3, 0.4) is 0 Å². The first-order chi connectivity index (χ1) is 9.69. The number of benzene rings is 1. The fourth-order valence-electron chi connectivity index (χ4n) is 2.54. The summed E-state index contributed by atoms with van der Waals surface area (Å²) < 4.78 is 10.9. The molecule has 1 N–H and O–H groups in total. The molecule has 2 unspecified atom stereocenters. The molecule has 1 aromatic carbocycles. The lowest BCUT2D eigenvalue weighted by Crippen LogP contribution is -2.27. The normalized spacial score (nSPS) is 22.5. The van der Waals surface area contributed by atoms with E-state index in [-0.39, 0.29) is 12.2 Å². The molecule has 5 heteroatoms. The van der Waals surface area contributed by atoms with E-state index in [2.05, 4.69) is 29.3 Å². The third-order valence-corrected chi connectivity index (χ3v) is 4.14. The average Bonchev–Trinajstić information content (AvgIpc) is 2.89. The van der Waals surface area contributed by atoms with Crippen molar-refractivity contribution >= 4 is 17.3 Å². The summed E-state index contributed by atoms with van der Waals surface area (Å²) in [6.07, 6.45) is 0.223. The summed E-state index contributed by atoms with van der Waals surface area (Å²) in [5.74, 6) is 0. The Balaban J connectivity index is 2.08. The Morgan fingerprint density at radius 3 is 2.40 bits per heavy atom. The number of ether oxygens (including phenoxy) is 2. The lowest BCUT2D eigenvalue weighted by molar-refractivity contribution is -0.00461. The predicted molar refractivity (Wildman–Crippen MR) is 82.6 cm³/mol. The minimum Gasteiger partial charge on any atom is -0.377 e. The maximum atomic E-state index is 6.35. The van der Waals surface area contributed by atoms with Crippen molar-refractivity contribution in [1.82, 2.24) is 5.32 Å². The zero-order valence-electron chi connectivity index (χ0n) is 12.4. The number of rotatable bonds is 6. The summed E-state index contributed by atoms with van der Waals surface area (Å²) in [6.45, 7) is 5.49. The molecule has 2 atom stereocenters. The lowest BCUT2D eigenvalue weighted by atomic mass is 10.2. The summed E-state index contributed by atoms with van der Waals surface area (Å²) in [4.78, 5) is 2.26. The number of anilines is 1. The molecule has 0 aliphatic carbocycles. The standard InChI is InChI=1S/C15H23ClN2O2/c1-4-17-8-11-5-6-12(7-13(11)16)18-9-14(19-2)15(10-18)20-3/h5-7,14-15,17H,4,8-10H2,1-3H3. The minimum absolute atomic E-state index is 0.111. The number of halogens is 1. The molecule has 1 saturated heterocycles. The van der Waals surface area contributed by atoms with Crippen LogP contribution in [0.5, 0.6) is 0 Å². The number of nitrogens with zero attached hydrogens (tertiary/aromatic N) is 1. The van der Waals surface area contributed by atoms with Gasteiger partial charge in [0, 0.05) is 44.6 Å². The second-order valence-corrected chi connectivity index (χ2v) is 5.42. The summed E-state index contributed by atoms with van der Waals surface area (Å²) in [5, 5.41) is 4.09. The molecule has 1 aliphatic heterocycles. The largest absolute Gasteiger partial charge is 0.377 e. The molecule has 20 heavy (non-hydrogen) atoms. The van der Waals surface area contributed by atoms with Crippen LogP contribution in [0.2, 0.25) is 5.02 Å². The first-order valence-electron chi connectivity index (χ1n) is 6.99. The molecule has 0 spiro atoms. The van der Waals surface area contributed by atoms with Crippen molar-refractivity contribution in [2.75, 3.05) is 38.8 Å². The van der Waals surface area contributed by atoms with E-state index in [0.29, 0.717) is 0 Å². The van der Waals surface area contributed by atoms with Gasteiger partial charge in [-0.1, -0.05) is 24.6 Å². The van der Waals surface area contributed by atoms with Gasteiger partial charge in [-0.3, -0.25) is 0 Å². The lowest BCUT2D eigenvalue weighted by Gasteiger charge is -2.19. The molecule has 1 aromatic rings. The number of hydrogen-bond acceptors (Lipinski definition) is 4. The van der Waals surface area contributed by atoms with Crippen LogP contribution < -0.4 is 10.2 Å². The van der Waals surface area contributed by atoms with E-state index in [1.165, 1.54) is 0 Å². The molecule has 0 saturated carbocycles. The van der Waals surface area contributed by atoms with Crippen molar-refractivity contribution < 1.29 is 9.47 Å². The second-order valence-electron chi connectivity index (χ2n) is 5.01. The first kappa shape index (κ1) is 15.6. The van der Waals surface area contributed by atoms with Gasteiger partial charge in [0.2, 0.25) is 0 Å². The van der Waals surface area contributed by atoms with E-state index in [1.807, 2.05) is 6.07 Å². The van der Waals surface area contributed by atoms with Gasteiger partial charge in [-0.2, -0.15) is 0 Å². The van der Waals surface area contributed by atoms with Crippen molar-refractivity contribution in [1.29, 1.82) is 0 Å². The molecule has 1 aliphatic rings. The molecule has 0 amide bonds. The topological polar surface area (TPSA) is 33.7 Å². The van der Waals surface area contributed by atoms with Crippen molar-refractivity contribution in [3.63, 3.8) is 0 Å². The first-order valence-corrected chi connectivity index (χ1v) is 7.37. The van der Waals surface area contributed by atoms with Gasteiger partial charge < -0.3 is 19.7 Å². The van der Waals surface area contributed by atoms with Gasteiger partial charge in [-0.25, -0.2) is 0 Å². The van der Waals surface area contributed by atoms with Gasteiger partial charge in [0.15, 0.2) is 0 Å². The summed E-state index contributed by atoms with van der Waals surface area (Å²) >= 11 is 6.35. The van der Waals surface area contributed by atoms with E-state index in [9.17, 15) is 0 Å². The maximum absolute atomic E-state index is 6.35. The molecule has 0 bridgehead atoms. The van der Waals surface area contributed by atoms with Gasteiger partial charge in [0.1, 0.15) is 12.2 Å². The van der Waals surface area contributed by atoms with Crippen molar-refractivity contribution in [2.45, 2.75) is 25.7 Å². The summed E-state index contributed by atoms with van der Waals surface area (Å²) in [5.41, 5.74) is 2.25. The Hall–Kier alpha value is -0.810. The quantitative estimate of drug-likeness (QED) is 0.874. The van der Waals surface area contributed by atoms with E-state index in [4.69, 9.17) is 21.1 Å². The highest BCUT2D eigenvalue weighted by Gasteiger charge is 2.33. The zero-order valence-corrected chi connectivity index (χ0v) is 13.1. The van der Waals surface area contributed by atoms with Crippen LogP contribution >= 0.6 is 11.6 Å². The van der Waals surface area contributed by atoms with E-state index < -0.39 is 0 Å². The molecule has 112 valence electrons. The van der Waals surface area contributed by atoms with Crippen molar-refractivity contribution in [3.8, 4) is 0 Å². The van der Waals surface area contributed by atoms with E-state index in [1.54, 1.807) is 14.2 Å². The van der Waals surface area contributed by atoms with Crippen LogP contribution in [0.25, 0.3) is 0 Å². The Morgan fingerprint density at radius 1 is 1.25 bits per heavy atom. The Kier molecular flexibility index (Phi) is 5.66. The fraction of sp³-hybridized carbons (Fsp3) is 0.600. The third kappa shape index (κ3) is 3.44. The van der Waals surface area contributed by atoms with E-state index >= 15 is 0 Å². The van der Waals surface area contributed by atoms with Crippen LogP contribution in [-0.4, -0.2) is 46.1 Å². The summed E-state index contributed by atoms with van der Waals surface area (Å²) in [6, 6.07) is 6.23. The molecular weight excluding hydrogens is 276 g/mol. The Bertz CT molecular complexity index is 430. The average molecular weight is 299 g/mol. The van der Waals surface area contributed by atoms with Gasteiger partial charge in [-0.15, -0.1) is 0 Å². The van der Waals surface area contributed by atoms with Crippen molar-refractivity contribution in [2.24, 2.45) is 0 Å². The molecule has 2 rings (SSSR count). The number of methoxy groups -OCH3 is 2. The smallest absolute Gasteiger partial charge is 0.102 e. The monoisotopic (exact) mass is 298 g/mol. The predicted octanol–water partition coefficient (Wildman–Crippen LogP) is 2.30. The van der Waals surface area contributed by atoms with Gasteiger partial charge in [0.05, 0.1) is 0 Å². The van der Waals surface area contributed by atoms with E-state index in [0.717, 1.165) is 42.5 Å². The SMILES string of the molecule is CCNCc1ccc(N2CC(OC)C(OC)C2)cc1Cl.